The van der Waals surface area contributed by atoms with Crippen LogP contribution in [-0.2, 0) is 0 Å². The van der Waals surface area contributed by atoms with E-state index in [0.717, 1.165) is 11.2 Å². The number of carbonyl (C=O) groups is 1. The van der Waals surface area contributed by atoms with E-state index in [1.54, 1.807) is 13.2 Å². The molecule has 17 heavy (non-hydrogen) atoms. The first-order valence-electron chi connectivity index (χ1n) is 5.47. The van der Waals surface area contributed by atoms with Gasteiger partial charge in [0.1, 0.15) is 5.75 Å². The van der Waals surface area contributed by atoms with Crippen molar-refractivity contribution in [1.82, 2.24) is 4.98 Å². The van der Waals surface area contributed by atoms with Crippen LogP contribution in [0.1, 0.15) is 35.8 Å². The number of hydrogen-bond donors (Lipinski definition) is 2. The third-order valence-electron chi connectivity index (χ3n) is 2.83. The molecule has 0 aliphatic heterocycles. The number of aromatic amines is 1. The summed E-state index contributed by atoms with van der Waals surface area (Å²) in [5.74, 6) is -0.109. The molecular formula is C13H15NO3. The van der Waals surface area contributed by atoms with Gasteiger partial charge in [-0.15, -0.1) is 0 Å². The van der Waals surface area contributed by atoms with Crippen molar-refractivity contribution >= 4 is 16.9 Å². The lowest BCUT2D eigenvalue weighted by molar-refractivity contribution is 0.0697. The average Bonchev–Trinajstić information content (AvgIpc) is 2.66. The van der Waals surface area contributed by atoms with Crippen LogP contribution in [0.3, 0.4) is 0 Å². The zero-order valence-electron chi connectivity index (χ0n) is 10.1. The molecule has 0 aliphatic carbocycles. The Morgan fingerprint density at radius 1 is 1.41 bits per heavy atom. The van der Waals surface area contributed by atoms with Gasteiger partial charge in [-0.25, -0.2) is 4.79 Å². The summed E-state index contributed by atoms with van der Waals surface area (Å²) >= 11 is 0. The Morgan fingerprint density at radius 3 is 2.65 bits per heavy atom. The molecule has 0 radical (unpaired) electrons. The highest BCUT2D eigenvalue weighted by Gasteiger charge is 2.19. The fourth-order valence-corrected chi connectivity index (χ4v) is 1.98. The average molecular weight is 233 g/mol. The lowest BCUT2D eigenvalue weighted by Crippen LogP contribution is -2.01. The highest BCUT2D eigenvalue weighted by Crippen LogP contribution is 2.30. The van der Waals surface area contributed by atoms with E-state index in [4.69, 9.17) is 4.74 Å². The molecule has 0 unspecified atom stereocenters. The van der Waals surface area contributed by atoms with Gasteiger partial charge in [0.05, 0.1) is 12.7 Å². The maximum atomic E-state index is 11.3. The van der Waals surface area contributed by atoms with Crippen molar-refractivity contribution in [2.24, 2.45) is 0 Å². The first-order chi connectivity index (χ1) is 8.04. The van der Waals surface area contributed by atoms with Crippen molar-refractivity contribution in [1.29, 1.82) is 0 Å². The Morgan fingerprint density at radius 2 is 2.12 bits per heavy atom. The number of nitrogens with one attached hydrogen (secondary N) is 1. The minimum atomic E-state index is -0.909. The summed E-state index contributed by atoms with van der Waals surface area (Å²) in [7, 11) is 1.57. The minimum absolute atomic E-state index is 0.138. The molecule has 0 bridgehead atoms. The molecule has 4 heteroatoms. The summed E-state index contributed by atoms with van der Waals surface area (Å²) in [6.45, 7) is 3.93. The van der Waals surface area contributed by atoms with Gasteiger partial charge in [0.15, 0.2) is 0 Å². The first-order valence-corrected chi connectivity index (χ1v) is 5.47. The molecule has 0 fully saturated rings. The van der Waals surface area contributed by atoms with Crippen LogP contribution in [-0.4, -0.2) is 23.2 Å². The van der Waals surface area contributed by atoms with Crippen molar-refractivity contribution in [3.63, 3.8) is 0 Å². The third kappa shape index (κ3) is 1.86. The minimum Gasteiger partial charge on any atom is -0.497 e. The van der Waals surface area contributed by atoms with Crippen LogP contribution in [0.15, 0.2) is 18.2 Å². The molecule has 1 aromatic carbocycles. The Bertz CT molecular complexity index is 569. The van der Waals surface area contributed by atoms with Crippen molar-refractivity contribution < 1.29 is 14.6 Å². The molecule has 1 heterocycles. The van der Waals surface area contributed by atoms with Gasteiger partial charge in [-0.05, 0) is 24.1 Å². The number of ether oxygens (including phenoxy) is 1. The smallest absolute Gasteiger partial charge is 0.338 e. The molecule has 0 spiro atoms. The van der Waals surface area contributed by atoms with E-state index in [1.807, 2.05) is 26.0 Å². The normalized spacial score (nSPS) is 11.1. The van der Waals surface area contributed by atoms with Crippen LogP contribution in [0, 0.1) is 0 Å². The molecule has 90 valence electrons. The zero-order chi connectivity index (χ0) is 12.6. The molecule has 2 N–H and O–H groups in total. The lowest BCUT2D eigenvalue weighted by Gasteiger charge is -2.03. The van der Waals surface area contributed by atoms with E-state index in [-0.39, 0.29) is 5.92 Å². The Labute approximate surface area is 99.2 Å². The quantitative estimate of drug-likeness (QED) is 0.856. The summed E-state index contributed by atoms with van der Waals surface area (Å²) < 4.78 is 5.12. The maximum Gasteiger partial charge on any atom is 0.338 e. The van der Waals surface area contributed by atoms with Crippen LogP contribution in [0.5, 0.6) is 5.75 Å². The van der Waals surface area contributed by atoms with E-state index >= 15 is 0 Å². The van der Waals surface area contributed by atoms with Crippen molar-refractivity contribution in [2.45, 2.75) is 19.8 Å². The van der Waals surface area contributed by atoms with Gasteiger partial charge in [-0.3, -0.25) is 0 Å². The number of hydrogen-bond acceptors (Lipinski definition) is 2. The van der Waals surface area contributed by atoms with Crippen LogP contribution in [0.25, 0.3) is 10.9 Å². The summed E-state index contributed by atoms with van der Waals surface area (Å²) in [4.78, 5) is 14.5. The largest absolute Gasteiger partial charge is 0.497 e. The third-order valence-corrected chi connectivity index (χ3v) is 2.83. The van der Waals surface area contributed by atoms with Gasteiger partial charge in [-0.2, -0.15) is 0 Å². The van der Waals surface area contributed by atoms with Crippen molar-refractivity contribution in [2.75, 3.05) is 7.11 Å². The fraction of sp³-hybridized carbons (Fsp3) is 0.308. The van der Waals surface area contributed by atoms with Gasteiger partial charge in [0.25, 0.3) is 0 Å². The predicted octanol–water partition coefficient (Wildman–Crippen LogP) is 3.00. The second-order valence-corrected chi connectivity index (χ2v) is 4.29. The Balaban J connectivity index is 2.77. The van der Waals surface area contributed by atoms with E-state index in [0.29, 0.717) is 16.7 Å². The molecule has 0 saturated heterocycles. The van der Waals surface area contributed by atoms with E-state index in [1.165, 1.54) is 0 Å². The van der Waals surface area contributed by atoms with Crippen LogP contribution in [0.2, 0.25) is 0 Å². The van der Waals surface area contributed by atoms with E-state index < -0.39 is 5.97 Å². The van der Waals surface area contributed by atoms with Crippen molar-refractivity contribution in [3.8, 4) is 5.75 Å². The number of fused-ring (bicyclic) bond motifs is 1. The predicted molar refractivity (Wildman–Crippen MR) is 65.9 cm³/mol. The Hall–Kier alpha value is -1.97. The summed E-state index contributed by atoms with van der Waals surface area (Å²) in [6.07, 6.45) is 0. The van der Waals surface area contributed by atoms with Gasteiger partial charge in [0, 0.05) is 16.6 Å². The number of methoxy groups -OCH3 is 1. The van der Waals surface area contributed by atoms with Crippen LogP contribution < -0.4 is 4.74 Å². The van der Waals surface area contributed by atoms with E-state index in [9.17, 15) is 9.90 Å². The van der Waals surface area contributed by atoms with Crippen LogP contribution >= 0.6 is 0 Å². The topological polar surface area (TPSA) is 62.3 Å². The standard InChI is InChI=1S/C13H15NO3/c1-7(2)12-11(13(15)16)9-6-8(17-3)4-5-10(9)14-12/h4-7,14H,1-3H3,(H,15,16). The second kappa shape index (κ2) is 4.13. The van der Waals surface area contributed by atoms with Crippen molar-refractivity contribution in [3.05, 3.63) is 29.5 Å². The van der Waals surface area contributed by atoms with Crippen LogP contribution in [0.4, 0.5) is 0 Å². The number of carboxylic acid groups (broad SMARTS) is 1. The SMILES string of the molecule is COc1ccc2[nH]c(C(C)C)c(C(=O)O)c2c1. The number of aromatic nitrogens is 1. The molecule has 0 aliphatic rings. The number of rotatable bonds is 3. The molecule has 2 aromatic rings. The molecule has 0 atom stereocenters. The highest BCUT2D eigenvalue weighted by molar-refractivity contribution is 6.05. The number of H-pyrrole nitrogens is 1. The number of benzene rings is 1. The molecule has 0 saturated carbocycles. The number of carboxylic acids is 1. The lowest BCUT2D eigenvalue weighted by atomic mass is 10.0. The monoisotopic (exact) mass is 233 g/mol. The van der Waals surface area contributed by atoms with Gasteiger partial charge in [0.2, 0.25) is 0 Å². The number of aromatic carboxylic acids is 1. The Kier molecular flexibility index (Phi) is 2.79. The van der Waals surface area contributed by atoms with Gasteiger partial charge in [-0.1, -0.05) is 13.8 Å². The van der Waals surface area contributed by atoms with E-state index in [2.05, 4.69) is 4.98 Å². The molecule has 2 rings (SSSR count). The summed E-state index contributed by atoms with van der Waals surface area (Å²) in [6, 6.07) is 5.40. The molecular weight excluding hydrogens is 218 g/mol. The molecule has 0 amide bonds. The first kappa shape index (κ1) is 11.5. The zero-order valence-corrected chi connectivity index (χ0v) is 10.1. The van der Waals surface area contributed by atoms with Gasteiger partial charge < -0.3 is 14.8 Å². The maximum absolute atomic E-state index is 11.3. The highest BCUT2D eigenvalue weighted by atomic mass is 16.5. The summed E-state index contributed by atoms with van der Waals surface area (Å²) in [5.41, 5.74) is 1.92. The molecule has 4 nitrogen and oxygen atoms in total. The summed E-state index contributed by atoms with van der Waals surface area (Å²) in [5, 5.41) is 10.00. The van der Waals surface area contributed by atoms with Gasteiger partial charge >= 0.3 is 5.97 Å². The fourth-order valence-electron chi connectivity index (χ4n) is 1.98. The second-order valence-electron chi connectivity index (χ2n) is 4.29. The molecule has 1 aromatic heterocycles.